The maximum atomic E-state index is 8.62. The van der Waals surface area contributed by atoms with Crippen LogP contribution in [-0.2, 0) is 11.3 Å². The Balaban J connectivity index is 2.74. The van der Waals surface area contributed by atoms with Gasteiger partial charge in [0.2, 0.25) is 0 Å². The first-order chi connectivity index (χ1) is 6.03. The van der Waals surface area contributed by atoms with Crippen molar-refractivity contribution in [3.63, 3.8) is 0 Å². The van der Waals surface area contributed by atoms with Crippen LogP contribution in [0.2, 0.25) is 0 Å². The van der Waals surface area contributed by atoms with Crippen molar-refractivity contribution in [2.75, 3.05) is 0 Å². The fourth-order valence-corrected chi connectivity index (χ4v) is 1.35. The van der Waals surface area contributed by atoms with Crippen LogP contribution in [0.25, 0.3) is 0 Å². The third kappa shape index (κ3) is 3.17. The van der Waals surface area contributed by atoms with E-state index in [2.05, 4.69) is 23.9 Å². The van der Waals surface area contributed by atoms with Crippen molar-refractivity contribution in [1.29, 1.82) is 0 Å². The summed E-state index contributed by atoms with van der Waals surface area (Å²) in [4.78, 5) is 4.38. The molecule has 0 radical (unpaired) electrons. The van der Waals surface area contributed by atoms with E-state index in [1.54, 1.807) is 0 Å². The normalized spacial score (nSPS) is 11.7. The molecule has 2 nitrogen and oxygen atoms in total. The Hall–Kier alpha value is -0.860. The van der Waals surface area contributed by atoms with Crippen LogP contribution in [0.1, 0.15) is 25.0 Å². The zero-order valence-corrected chi connectivity index (χ0v) is 8.37. The Bertz CT molecular complexity index is 279. The molecule has 0 amide bonds. The molecule has 0 atom stereocenters. The van der Waals surface area contributed by atoms with Gasteiger partial charge in [-0.2, -0.15) is 0 Å². The van der Waals surface area contributed by atoms with Crippen LogP contribution in [-0.4, -0.2) is 10.9 Å². The number of aryl methyl sites for hydroxylation is 1. The van der Waals surface area contributed by atoms with Crippen molar-refractivity contribution in [2.45, 2.75) is 32.8 Å². The molecule has 1 N–H and O–H groups in total. The monoisotopic (exact) mass is 180 g/mol. The first-order valence-corrected chi connectivity index (χ1v) is 4.42. The first-order valence-electron chi connectivity index (χ1n) is 4.42. The van der Waals surface area contributed by atoms with Crippen molar-refractivity contribution in [2.24, 2.45) is 0 Å². The lowest BCUT2D eigenvalue weighted by atomic mass is 9.98. The number of hydrogen-bond donors (Lipinski definition) is 1. The Kier molecular flexibility index (Phi) is 3.07. The second-order valence-corrected chi connectivity index (χ2v) is 4.02. The molecule has 0 aliphatic rings. The van der Waals surface area contributed by atoms with Crippen LogP contribution in [0, 0.1) is 6.92 Å². The van der Waals surface area contributed by atoms with Gasteiger partial charge in [-0.15, -0.1) is 0 Å². The highest BCUT2D eigenvalue weighted by atomic mass is 17.1. The lowest BCUT2D eigenvalue weighted by molar-refractivity contribution is -0.312. The van der Waals surface area contributed by atoms with Crippen LogP contribution >= 0.6 is 0 Å². The predicted octanol–water partition coefficient (Wildman–Crippen LogP) is 2.81. The minimum absolute atomic E-state index is 0.506. The SMILES string of the molecule is Cc1cccc(CC(C)(C)OO)c1. The fraction of sp³-hybridized carbons (Fsp3) is 0.455. The zero-order valence-electron chi connectivity index (χ0n) is 8.37. The van der Waals surface area contributed by atoms with E-state index < -0.39 is 5.60 Å². The predicted molar refractivity (Wildman–Crippen MR) is 52.7 cm³/mol. The van der Waals surface area contributed by atoms with E-state index >= 15 is 0 Å². The Morgan fingerprint density at radius 1 is 1.38 bits per heavy atom. The van der Waals surface area contributed by atoms with Gasteiger partial charge in [0.05, 0.1) is 0 Å². The molecule has 1 aromatic rings. The number of rotatable bonds is 3. The maximum absolute atomic E-state index is 8.62. The summed E-state index contributed by atoms with van der Waals surface area (Å²) in [6, 6.07) is 8.20. The Labute approximate surface area is 79.1 Å². The van der Waals surface area contributed by atoms with E-state index in [1.807, 2.05) is 26.0 Å². The van der Waals surface area contributed by atoms with Crippen LogP contribution in [0.5, 0.6) is 0 Å². The molecule has 0 spiro atoms. The molecule has 0 aliphatic carbocycles. The Morgan fingerprint density at radius 3 is 2.62 bits per heavy atom. The molecule has 0 aromatic heterocycles. The van der Waals surface area contributed by atoms with Gasteiger partial charge in [0, 0.05) is 6.42 Å². The molecule has 1 rings (SSSR count). The van der Waals surface area contributed by atoms with Crippen molar-refractivity contribution in [3.05, 3.63) is 35.4 Å². The van der Waals surface area contributed by atoms with Crippen molar-refractivity contribution in [3.8, 4) is 0 Å². The molecule has 0 saturated carbocycles. The van der Waals surface area contributed by atoms with E-state index in [0.29, 0.717) is 6.42 Å². The third-order valence-electron chi connectivity index (χ3n) is 1.96. The van der Waals surface area contributed by atoms with Gasteiger partial charge < -0.3 is 0 Å². The van der Waals surface area contributed by atoms with Gasteiger partial charge >= 0.3 is 0 Å². The lowest BCUT2D eigenvalue weighted by Crippen LogP contribution is -2.25. The van der Waals surface area contributed by atoms with Crippen LogP contribution in [0.15, 0.2) is 24.3 Å². The molecule has 0 unspecified atom stereocenters. The van der Waals surface area contributed by atoms with Crippen LogP contribution < -0.4 is 0 Å². The minimum atomic E-state index is -0.506. The zero-order chi connectivity index (χ0) is 9.90. The van der Waals surface area contributed by atoms with Crippen molar-refractivity contribution >= 4 is 0 Å². The first kappa shape index (κ1) is 10.2. The molecule has 0 fully saturated rings. The van der Waals surface area contributed by atoms with Crippen molar-refractivity contribution < 1.29 is 10.1 Å². The van der Waals surface area contributed by atoms with Crippen LogP contribution in [0.4, 0.5) is 0 Å². The summed E-state index contributed by atoms with van der Waals surface area (Å²) >= 11 is 0. The molecule has 0 bridgehead atoms. The highest BCUT2D eigenvalue weighted by Gasteiger charge is 2.18. The Morgan fingerprint density at radius 2 is 2.08 bits per heavy atom. The highest BCUT2D eigenvalue weighted by Crippen LogP contribution is 2.16. The number of benzene rings is 1. The molecule has 13 heavy (non-hydrogen) atoms. The summed E-state index contributed by atoms with van der Waals surface area (Å²) in [5.41, 5.74) is 1.90. The topological polar surface area (TPSA) is 29.5 Å². The van der Waals surface area contributed by atoms with E-state index in [4.69, 9.17) is 5.26 Å². The minimum Gasteiger partial charge on any atom is -0.251 e. The second-order valence-electron chi connectivity index (χ2n) is 4.02. The van der Waals surface area contributed by atoms with Crippen LogP contribution in [0.3, 0.4) is 0 Å². The molecule has 0 heterocycles. The number of hydrogen-bond acceptors (Lipinski definition) is 2. The standard InChI is InChI=1S/C11H16O2/c1-9-5-4-6-10(7-9)8-11(2,3)13-12/h4-7,12H,8H2,1-3H3. The summed E-state index contributed by atoms with van der Waals surface area (Å²) in [5.74, 6) is 0. The van der Waals surface area contributed by atoms with Gasteiger partial charge in [-0.1, -0.05) is 29.8 Å². The smallest absolute Gasteiger partial charge is 0.102 e. The van der Waals surface area contributed by atoms with Gasteiger partial charge in [-0.25, -0.2) is 4.89 Å². The average molecular weight is 180 g/mol. The average Bonchev–Trinajstić information content (AvgIpc) is 2.03. The molecular weight excluding hydrogens is 164 g/mol. The van der Waals surface area contributed by atoms with Crippen molar-refractivity contribution in [1.82, 2.24) is 0 Å². The molecular formula is C11H16O2. The van der Waals surface area contributed by atoms with E-state index in [9.17, 15) is 0 Å². The molecule has 0 saturated heterocycles. The largest absolute Gasteiger partial charge is 0.251 e. The van der Waals surface area contributed by atoms with Gasteiger partial charge in [0.1, 0.15) is 5.60 Å². The summed E-state index contributed by atoms with van der Waals surface area (Å²) in [6.45, 7) is 5.76. The third-order valence-corrected chi connectivity index (χ3v) is 1.96. The quantitative estimate of drug-likeness (QED) is 0.572. The molecule has 2 heteroatoms. The van der Waals surface area contributed by atoms with Gasteiger partial charge in [-0.3, -0.25) is 5.26 Å². The summed E-state index contributed by atoms with van der Waals surface area (Å²) in [6.07, 6.45) is 0.713. The molecule has 0 aliphatic heterocycles. The fourth-order valence-electron chi connectivity index (χ4n) is 1.35. The van der Waals surface area contributed by atoms with Gasteiger partial charge in [0.15, 0.2) is 0 Å². The highest BCUT2D eigenvalue weighted by molar-refractivity contribution is 5.23. The van der Waals surface area contributed by atoms with Gasteiger partial charge in [0.25, 0.3) is 0 Å². The van der Waals surface area contributed by atoms with E-state index in [-0.39, 0.29) is 0 Å². The molecule has 1 aromatic carbocycles. The summed E-state index contributed by atoms with van der Waals surface area (Å²) in [5, 5.41) is 8.62. The van der Waals surface area contributed by atoms with E-state index in [0.717, 1.165) is 0 Å². The molecule has 72 valence electrons. The lowest BCUT2D eigenvalue weighted by Gasteiger charge is -2.20. The second kappa shape index (κ2) is 3.90. The summed E-state index contributed by atoms with van der Waals surface area (Å²) < 4.78 is 0. The van der Waals surface area contributed by atoms with E-state index in [1.165, 1.54) is 11.1 Å². The summed E-state index contributed by atoms with van der Waals surface area (Å²) in [7, 11) is 0. The van der Waals surface area contributed by atoms with Gasteiger partial charge in [-0.05, 0) is 26.3 Å². The maximum Gasteiger partial charge on any atom is 0.102 e.